The number of hydrogen-bond acceptors (Lipinski definition) is 4. The van der Waals surface area contributed by atoms with Crippen LogP contribution in [0.4, 0.5) is 5.69 Å². The van der Waals surface area contributed by atoms with Crippen LogP contribution in [0.2, 0.25) is 0 Å². The second kappa shape index (κ2) is 7.88. The summed E-state index contributed by atoms with van der Waals surface area (Å²) in [5, 5.41) is 6.90. The molecule has 3 aromatic rings. The van der Waals surface area contributed by atoms with Crippen LogP contribution in [0, 0.1) is 0 Å². The molecule has 0 atom stereocenters. The van der Waals surface area contributed by atoms with Gasteiger partial charge in [0.1, 0.15) is 0 Å². The van der Waals surface area contributed by atoms with Crippen molar-refractivity contribution in [1.29, 1.82) is 0 Å². The third kappa shape index (κ3) is 4.71. The molecule has 1 fully saturated rings. The van der Waals surface area contributed by atoms with Crippen LogP contribution in [0.5, 0.6) is 0 Å². The Balaban J connectivity index is 1.24. The van der Waals surface area contributed by atoms with Crippen molar-refractivity contribution < 1.29 is 9.59 Å². The summed E-state index contributed by atoms with van der Waals surface area (Å²) < 4.78 is 1.18. The molecule has 4 rings (SSSR count). The van der Waals surface area contributed by atoms with Gasteiger partial charge in [0.2, 0.25) is 5.91 Å². The molecule has 2 amide bonds. The summed E-state index contributed by atoms with van der Waals surface area (Å²) in [6.45, 7) is 0. The van der Waals surface area contributed by atoms with Gasteiger partial charge in [-0.1, -0.05) is 12.1 Å². The number of benzene rings is 2. The third-order valence-electron chi connectivity index (χ3n) is 4.48. The fraction of sp³-hybridized carbons (Fsp3) is 0.286. The summed E-state index contributed by atoms with van der Waals surface area (Å²) in [4.78, 5) is 28.7. The molecule has 0 saturated heterocycles. The number of thiazole rings is 1. The number of carbonyl (C=O) groups excluding carboxylic acids is 2. The number of anilines is 1. The van der Waals surface area contributed by atoms with Gasteiger partial charge in [-0.05, 0) is 62.1 Å². The van der Waals surface area contributed by atoms with Crippen molar-refractivity contribution in [3.05, 3.63) is 59.1 Å². The average Bonchev–Trinajstić information content (AvgIpc) is 3.38. The van der Waals surface area contributed by atoms with E-state index in [4.69, 9.17) is 0 Å². The number of fused-ring (bicyclic) bond motifs is 1. The minimum Gasteiger partial charge on any atom is -0.349 e. The van der Waals surface area contributed by atoms with E-state index >= 15 is 0 Å². The van der Waals surface area contributed by atoms with Gasteiger partial charge >= 0.3 is 0 Å². The largest absolute Gasteiger partial charge is 0.349 e. The molecule has 5 nitrogen and oxygen atoms in total. The molecule has 1 saturated carbocycles. The average molecular weight is 379 g/mol. The van der Waals surface area contributed by atoms with E-state index in [2.05, 4.69) is 21.7 Å². The molecule has 1 heterocycles. The van der Waals surface area contributed by atoms with Crippen molar-refractivity contribution in [3.8, 4) is 0 Å². The summed E-state index contributed by atoms with van der Waals surface area (Å²) in [6, 6.07) is 15.4. The summed E-state index contributed by atoms with van der Waals surface area (Å²) in [6.07, 6.45) is 4.13. The highest BCUT2D eigenvalue weighted by Crippen LogP contribution is 2.23. The molecule has 0 unspecified atom stereocenters. The molecule has 1 aliphatic carbocycles. The molecule has 0 bridgehead atoms. The first kappa shape index (κ1) is 17.7. The number of aromatic nitrogens is 1. The summed E-state index contributed by atoms with van der Waals surface area (Å²) in [5.41, 5.74) is 2.35. The number of rotatable bonds is 7. The minimum absolute atomic E-state index is 0.0220. The first-order valence-corrected chi connectivity index (χ1v) is 10.0. The van der Waals surface area contributed by atoms with E-state index < -0.39 is 0 Å². The molecule has 1 aromatic heterocycles. The Kier molecular flexibility index (Phi) is 5.16. The van der Waals surface area contributed by atoms with Crippen LogP contribution in [0.1, 0.15) is 41.0 Å². The number of nitrogens with zero attached hydrogens (tertiary/aromatic N) is 1. The third-order valence-corrected chi connectivity index (χ3v) is 5.57. The van der Waals surface area contributed by atoms with E-state index in [-0.39, 0.29) is 11.8 Å². The highest BCUT2D eigenvalue weighted by atomic mass is 32.1. The molecule has 0 aliphatic heterocycles. The lowest BCUT2D eigenvalue weighted by molar-refractivity contribution is -0.116. The van der Waals surface area contributed by atoms with Gasteiger partial charge in [-0.25, -0.2) is 4.98 Å². The van der Waals surface area contributed by atoms with Gasteiger partial charge in [0.25, 0.3) is 5.91 Å². The van der Waals surface area contributed by atoms with E-state index in [0.717, 1.165) is 36.2 Å². The van der Waals surface area contributed by atoms with E-state index in [1.807, 2.05) is 18.2 Å². The molecular weight excluding hydrogens is 358 g/mol. The van der Waals surface area contributed by atoms with Crippen molar-refractivity contribution in [2.75, 3.05) is 5.32 Å². The maximum atomic E-state index is 12.1. The fourth-order valence-corrected chi connectivity index (χ4v) is 3.86. The van der Waals surface area contributed by atoms with Gasteiger partial charge in [-0.3, -0.25) is 9.59 Å². The highest BCUT2D eigenvalue weighted by Gasteiger charge is 2.23. The number of para-hydroxylation sites is 1. The van der Waals surface area contributed by atoms with Gasteiger partial charge < -0.3 is 10.6 Å². The summed E-state index contributed by atoms with van der Waals surface area (Å²) in [7, 11) is 0. The SMILES string of the molecule is O=C(CCCc1nc2ccccc2s1)Nc1ccc(C(=O)NC2CC2)cc1. The Labute approximate surface area is 161 Å². The number of carbonyl (C=O) groups is 2. The van der Waals surface area contributed by atoms with Crippen LogP contribution >= 0.6 is 11.3 Å². The molecule has 6 heteroatoms. The lowest BCUT2D eigenvalue weighted by Gasteiger charge is -2.07. The van der Waals surface area contributed by atoms with E-state index in [9.17, 15) is 9.59 Å². The van der Waals surface area contributed by atoms with Gasteiger partial charge in [0, 0.05) is 23.7 Å². The van der Waals surface area contributed by atoms with Gasteiger partial charge in [0.15, 0.2) is 0 Å². The Morgan fingerprint density at radius 1 is 1.07 bits per heavy atom. The molecule has 2 N–H and O–H groups in total. The molecule has 138 valence electrons. The van der Waals surface area contributed by atoms with Crippen LogP contribution in [-0.2, 0) is 11.2 Å². The van der Waals surface area contributed by atoms with Crippen molar-refractivity contribution in [2.45, 2.75) is 38.1 Å². The normalized spacial score (nSPS) is 13.5. The summed E-state index contributed by atoms with van der Waals surface area (Å²) >= 11 is 1.69. The standard InChI is InChI=1S/C21H21N3O2S/c25-19(6-3-7-20-24-17-4-1-2-5-18(17)27-20)22-15-10-8-14(9-11-15)21(26)23-16-12-13-16/h1-2,4-5,8-11,16H,3,6-7,12-13H2,(H,22,25)(H,23,26). The molecule has 27 heavy (non-hydrogen) atoms. The monoisotopic (exact) mass is 379 g/mol. The Morgan fingerprint density at radius 3 is 2.59 bits per heavy atom. The van der Waals surface area contributed by atoms with Crippen LogP contribution in [0.25, 0.3) is 10.2 Å². The first-order chi connectivity index (χ1) is 13.2. The second-order valence-corrected chi connectivity index (χ2v) is 7.92. The highest BCUT2D eigenvalue weighted by molar-refractivity contribution is 7.18. The van der Waals surface area contributed by atoms with Crippen molar-refractivity contribution >= 4 is 39.1 Å². The molecule has 2 aromatic carbocycles. The lowest BCUT2D eigenvalue weighted by Crippen LogP contribution is -2.25. The van der Waals surface area contributed by atoms with Crippen molar-refractivity contribution in [3.63, 3.8) is 0 Å². The number of aryl methyl sites for hydroxylation is 1. The van der Waals surface area contributed by atoms with E-state index in [1.165, 1.54) is 4.70 Å². The minimum atomic E-state index is -0.0498. The van der Waals surface area contributed by atoms with E-state index in [0.29, 0.717) is 23.7 Å². The summed E-state index contributed by atoms with van der Waals surface area (Å²) in [5.74, 6) is -0.0718. The predicted octanol–water partition coefficient (Wildman–Crippen LogP) is 4.15. The van der Waals surface area contributed by atoms with Crippen molar-refractivity contribution in [1.82, 2.24) is 10.3 Å². The molecule has 0 radical (unpaired) electrons. The van der Waals surface area contributed by atoms with Crippen LogP contribution in [0.15, 0.2) is 48.5 Å². The number of hydrogen-bond donors (Lipinski definition) is 2. The quantitative estimate of drug-likeness (QED) is 0.648. The zero-order chi connectivity index (χ0) is 18.6. The van der Waals surface area contributed by atoms with Crippen LogP contribution in [-0.4, -0.2) is 22.8 Å². The van der Waals surface area contributed by atoms with Crippen LogP contribution in [0.3, 0.4) is 0 Å². The fourth-order valence-electron chi connectivity index (χ4n) is 2.85. The Bertz CT molecular complexity index is 928. The second-order valence-electron chi connectivity index (χ2n) is 6.80. The lowest BCUT2D eigenvalue weighted by atomic mass is 10.2. The number of nitrogens with one attached hydrogen (secondary N) is 2. The predicted molar refractivity (Wildman–Crippen MR) is 108 cm³/mol. The Hall–Kier alpha value is -2.73. The van der Waals surface area contributed by atoms with Crippen LogP contribution < -0.4 is 10.6 Å². The Morgan fingerprint density at radius 2 is 1.85 bits per heavy atom. The smallest absolute Gasteiger partial charge is 0.251 e. The zero-order valence-corrected chi connectivity index (χ0v) is 15.7. The number of amides is 2. The molecule has 0 spiro atoms. The maximum Gasteiger partial charge on any atom is 0.251 e. The van der Waals surface area contributed by atoms with E-state index in [1.54, 1.807) is 35.6 Å². The van der Waals surface area contributed by atoms with Crippen molar-refractivity contribution in [2.24, 2.45) is 0 Å². The molecule has 1 aliphatic rings. The zero-order valence-electron chi connectivity index (χ0n) is 14.9. The van der Waals surface area contributed by atoms with Gasteiger partial charge in [0.05, 0.1) is 15.2 Å². The first-order valence-electron chi connectivity index (χ1n) is 9.22. The van der Waals surface area contributed by atoms with Gasteiger partial charge in [-0.2, -0.15) is 0 Å². The molecular formula is C21H21N3O2S. The van der Waals surface area contributed by atoms with Gasteiger partial charge in [-0.15, -0.1) is 11.3 Å². The topological polar surface area (TPSA) is 71.1 Å². The maximum absolute atomic E-state index is 12.1.